The summed E-state index contributed by atoms with van der Waals surface area (Å²) in [6, 6.07) is 1.99. The van der Waals surface area contributed by atoms with Gasteiger partial charge in [0.05, 0.1) is 6.54 Å². The fraction of sp³-hybridized carbons (Fsp3) is 0.636. The molecule has 1 fully saturated rings. The van der Waals surface area contributed by atoms with Crippen molar-refractivity contribution >= 4 is 10.2 Å². The second kappa shape index (κ2) is 5.81. The maximum absolute atomic E-state index is 12.0. The minimum Gasteiger partial charge on any atom is -0.459 e. The van der Waals surface area contributed by atoms with E-state index in [0.29, 0.717) is 13.1 Å². The Bertz CT molecular complexity index is 506. The van der Waals surface area contributed by atoms with Crippen molar-refractivity contribution in [3.63, 3.8) is 0 Å². The van der Waals surface area contributed by atoms with Gasteiger partial charge in [0.15, 0.2) is 0 Å². The number of nitrogens with zero attached hydrogens (tertiary/aromatic N) is 4. The van der Waals surface area contributed by atoms with Gasteiger partial charge in [-0.1, -0.05) is 0 Å². The van der Waals surface area contributed by atoms with Gasteiger partial charge in [-0.2, -0.15) is 17.0 Å². The lowest BCUT2D eigenvalue weighted by Gasteiger charge is -2.32. The molecule has 0 N–H and O–H groups in total. The van der Waals surface area contributed by atoms with Crippen LogP contribution in [0.3, 0.4) is 0 Å². The van der Waals surface area contributed by atoms with E-state index in [4.69, 9.17) is 4.74 Å². The third-order valence-corrected chi connectivity index (χ3v) is 4.85. The molecule has 0 spiro atoms. The highest BCUT2D eigenvalue weighted by Gasteiger charge is 2.31. The van der Waals surface area contributed by atoms with Gasteiger partial charge in [0.2, 0.25) is 0 Å². The van der Waals surface area contributed by atoms with Crippen LogP contribution in [-0.4, -0.2) is 60.3 Å². The van der Waals surface area contributed by atoms with E-state index in [9.17, 15) is 8.42 Å². The van der Waals surface area contributed by atoms with Gasteiger partial charge in [0, 0.05) is 33.0 Å². The predicted octanol–water partition coefficient (Wildman–Crippen LogP) is 0.126. The second-order valence-electron chi connectivity index (χ2n) is 4.56. The number of rotatable bonds is 4. The van der Waals surface area contributed by atoms with Crippen molar-refractivity contribution < 1.29 is 13.2 Å². The Morgan fingerprint density at radius 2 is 2.05 bits per heavy atom. The van der Waals surface area contributed by atoms with Crippen molar-refractivity contribution in [1.29, 1.82) is 0 Å². The smallest absolute Gasteiger partial charge is 0.316 e. The Kier molecular flexibility index (Phi) is 4.33. The first kappa shape index (κ1) is 14.2. The zero-order valence-electron chi connectivity index (χ0n) is 11.1. The van der Waals surface area contributed by atoms with Gasteiger partial charge in [0.25, 0.3) is 10.2 Å². The van der Waals surface area contributed by atoms with Crippen molar-refractivity contribution in [2.75, 3.05) is 27.2 Å². The molecule has 1 aromatic rings. The van der Waals surface area contributed by atoms with Crippen LogP contribution in [0.4, 0.5) is 0 Å². The van der Waals surface area contributed by atoms with Crippen LogP contribution in [0.2, 0.25) is 0 Å². The first-order chi connectivity index (χ1) is 9.00. The molecule has 0 aromatic carbocycles. The summed E-state index contributed by atoms with van der Waals surface area (Å²) in [6.45, 7) is 0.856. The van der Waals surface area contributed by atoms with Crippen LogP contribution in [-0.2, 0) is 10.2 Å². The predicted molar refractivity (Wildman–Crippen MR) is 69.9 cm³/mol. The molecule has 1 aliphatic heterocycles. The maximum Gasteiger partial charge on any atom is 0.316 e. The summed E-state index contributed by atoms with van der Waals surface area (Å²) in [4.78, 5) is 7.97. The molecular formula is C11H18N4O3S. The topological polar surface area (TPSA) is 75.6 Å². The third-order valence-electron chi connectivity index (χ3n) is 2.94. The molecule has 0 amide bonds. The molecule has 8 heteroatoms. The molecule has 0 saturated carbocycles. The largest absolute Gasteiger partial charge is 0.459 e. The fourth-order valence-corrected chi connectivity index (χ4v) is 3.11. The molecule has 19 heavy (non-hydrogen) atoms. The van der Waals surface area contributed by atoms with Crippen molar-refractivity contribution in [3.8, 4) is 6.01 Å². The normalized spacial score (nSPS) is 21.5. The van der Waals surface area contributed by atoms with Crippen LogP contribution >= 0.6 is 0 Å². The Morgan fingerprint density at radius 3 is 2.68 bits per heavy atom. The number of hydrogen-bond donors (Lipinski definition) is 0. The van der Waals surface area contributed by atoms with Gasteiger partial charge in [-0.25, -0.2) is 9.97 Å². The van der Waals surface area contributed by atoms with E-state index >= 15 is 0 Å². The molecule has 0 bridgehead atoms. The van der Waals surface area contributed by atoms with Gasteiger partial charge >= 0.3 is 6.01 Å². The molecule has 0 radical (unpaired) electrons. The van der Waals surface area contributed by atoms with Gasteiger partial charge in [-0.3, -0.25) is 0 Å². The lowest BCUT2D eigenvalue weighted by molar-refractivity contribution is 0.117. The first-order valence-electron chi connectivity index (χ1n) is 6.11. The molecule has 2 rings (SSSR count). The Balaban J connectivity index is 2.02. The van der Waals surface area contributed by atoms with E-state index in [1.165, 1.54) is 22.7 Å². The van der Waals surface area contributed by atoms with Gasteiger partial charge in [-0.15, -0.1) is 0 Å². The lowest BCUT2D eigenvalue weighted by atomic mass is 10.1. The average Bonchev–Trinajstić information content (AvgIpc) is 2.40. The van der Waals surface area contributed by atoms with Crippen LogP contribution in [0.5, 0.6) is 6.01 Å². The van der Waals surface area contributed by atoms with Crippen LogP contribution < -0.4 is 4.74 Å². The molecule has 106 valence electrons. The van der Waals surface area contributed by atoms with Crippen LogP contribution in [0.1, 0.15) is 12.8 Å². The Morgan fingerprint density at radius 1 is 1.37 bits per heavy atom. The molecule has 1 atom stereocenters. The summed E-state index contributed by atoms with van der Waals surface area (Å²) in [5, 5.41) is 0. The van der Waals surface area contributed by atoms with Crippen molar-refractivity contribution in [1.82, 2.24) is 18.6 Å². The molecule has 1 aromatic heterocycles. The molecule has 1 aliphatic rings. The number of hydrogen-bond acceptors (Lipinski definition) is 5. The SMILES string of the molecule is CN(C)S(=O)(=O)N1CCC[C@H](Oc2ncccn2)C1. The molecule has 0 aliphatic carbocycles. The molecule has 0 unspecified atom stereocenters. The van der Waals surface area contributed by atoms with Crippen LogP contribution in [0.15, 0.2) is 18.5 Å². The van der Waals surface area contributed by atoms with E-state index in [0.717, 1.165) is 12.8 Å². The third kappa shape index (κ3) is 3.40. The highest BCUT2D eigenvalue weighted by atomic mass is 32.2. The summed E-state index contributed by atoms with van der Waals surface area (Å²) >= 11 is 0. The first-order valence-corrected chi connectivity index (χ1v) is 7.51. The van der Waals surface area contributed by atoms with E-state index < -0.39 is 10.2 Å². The van der Waals surface area contributed by atoms with E-state index in [2.05, 4.69) is 9.97 Å². The van der Waals surface area contributed by atoms with Crippen molar-refractivity contribution in [2.45, 2.75) is 18.9 Å². The zero-order valence-corrected chi connectivity index (χ0v) is 11.9. The number of aromatic nitrogens is 2. The van der Waals surface area contributed by atoms with Gasteiger partial charge in [0.1, 0.15) is 6.10 Å². The highest BCUT2D eigenvalue weighted by Crippen LogP contribution is 2.18. The quantitative estimate of drug-likeness (QED) is 0.786. The van der Waals surface area contributed by atoms with E-state index in [-0.39, 0.29) is 12.1 Å². The monoisotopic (exact) mass is 286 g/mol. The average molecular weight is 286 g/mol. The second-order valence-corrected chi connectivity index (χ2v) is 6.70. The highest BCUT2D eigenvalue weighted by molar-refractivity contribution is 7.86. The number of piperidine rings is 1. The minimum atomic E-state index is -3.38. The number of ether oxygens (including phenoxy) is 1. The van der Waals surface area contributed by atoms with Gasteiger partial charge < -0.3 is 4.74 Å². The summed E-state index contributed by atoms with van der Waals surface area (Å²) in [6.07, 6.45) is 4.56. The fourth-order valence-electron chi connectivity index (χ4n) is 1.94. The zero-order chi connectivity index (χ0) is 13.9. The van der Waals surface area contributed by atoms with Crippen molar-refractivity contribution in [2.24, 2.45) is 0 Å². The summed E-state index contributed by atoms with van der Waals surface area (Å²) in [5.74, 6) is 0. The molecule has 1 saturated heterocycles. The van der Waals surface area contributed by atoms with Crippen LogP contribution in [0, 0.1) is 0 Å². The summed E-state index contributed by atoms with van der Waals surface area (Å²) in [5.41, 5.74) is 0. The summed E-state index contributed by atoms with van der Waals surface area (Å²) < 4.78 is 32.4. The Labute approximate surface area is 113 Å². The minimum absolute atomic E-state index is 0.203. The molecule has 7 nitrogen and oxygen atoms in total. The lowest BCUT2D eigenvalue weighted by Crippen LogP contribution is -2.48. The van der Waals surface area contributed by atoms with Crippen LogP contribution in [0.25, 0.3) is 0 Å². The Hall–Kier alpha value is -1.25. The summed E-state index contributed by atoms with van der Waals surface area (Å²) in [7, 11) is -0.324. The van der Waals surface area contributed by atoms with Crippen molar-refractivity contribution in [3.05, 3.63) is 18.5 Å². The van der Waals surface area contributed by atoms with E-state index in [1.807, 2.05) is 0 Å². The maximum atomic E-state index is 12.0. The van der Waals surface area contributed by atoms with Gasteiger partial charge in [-0.05, 0) is 18.9 Å². The van der Waals surface area contributed by atoms with E-state index in [1.54, 1.807) is 18.5 Å². The molecule has 2 heterocycles. The standard InChI is InChI=1S/C11H18N4O3S/c1-14(2)19(16,17)15-8-3-5-10(9-15)18-11-12-6-4-7-13-11/h4,6-7,10H,3,5,8-9H2,1-2H3/t10-/m0/s1. The molecular weight excluding hydrogens is 268 g/mol.